The highest BCUT2D eigenvalue weighted by Gasteiger charge is 2.20. The van der Waals surface area contributed by atoms with Crippen molar-refractivity contribution in [2.45, 2.75) is 32.1 Å². The largest absolute Gasteiger partial charge is 0.459 e. The Labute approximate surface area is 79.7 Å². The zero-order chi connectivity index (χ0) is 9.52. The molecule has 0 aromatic carbocycles. The maximum Gasteiger partial charge on any atom is 0.384 e. The van der Waals surface area contributed by atoms with Crippen molar-refractivity contribution >= 4 is 5.97 Å². The van der Waals surface area contributed by atoms with Gasteiger partial charge < -0.3 is 4.74 Å². The van der Waals surface area contributed by atoms with Gasteiger partial charge in [-0.3, -0.25) is 0 Å². The third kappa shape index (κ3) is 5.30. The van der Waals surface area contributed by atoms with E-state index in [9.17, 15) is 4.79 Å². The van der Waals surface area contributed by atoms with Gasteiger partial charge in [0.05, 0.1) is 7.11 Å². The van der Waals surface area contributed by atoms with E-state index < -0.39 is 5.97 Å². The van der Waals surface area contributed by atoms with Crippen molar-refractivity contribution in [2.24, 2.45) is 5.92 Å². The van der Waals surface area contributed by atoms with Crippen molar-refractivity contribution in [1.82, 2.24) is 0 Å². The zero-order valence-corrected chi connectivity index (χ0v) is 8.01. The van der Waals surface area contributed by atoms with Gasteiger partial charge in [0.2, 0.25) is 0 Å². The van der Waals surface area contributed by atoms with Gasteiger partial charge in [0.25, 0.3) is 0 Å². The molecule has 0 aliphatic heterocycles. The lowest BCUT2D eigenvalue weighted by molar-refractivity contribution is -0.133. The van der Waals surface area contributed by atoms with Crippen molar-refractivity contribution in [3.63, 3.8) is 0 Å². The van der Waals surface area contributed by atoms with Crippen molar-refractivity contribution in [2.75, 3.05) is 7.11 Å². The van der Waals surface area contributed by atoms with Crippen LogP contribution in [0.25, 0.3) is 0 Å². The molecule has 0 bridgehead atoms. The van der Waals surface area contributed by atoms with Gasteiger partial charge in [-0.15, -0.1) is 0 Å². The third-order valence-corrected chi connectivity index (χ3v) is 2.07. The lowest BCUT2D eigenvalue weighted by atomic mass is 10.1. The molecule has 0 spiro atoms. The minimum atomic E-state index is -0.435. The van der Waals surface area contributed by atoms with E-state index in [-0.39, 0.29) is 0 Å². The summed E-state index contributed by atoms with van der Waals surface area (Å²) in [5, 5.41) is 0. The van der Waals surface area contributed by atoms with Crippen LogP contribution in [0.3, 0.4) is 0 Å². The summed E-state index contributed by atoms with van der Waals surface area (Å²) in [7, 11) is 1.35. The number of carbonyl (C=O) groups is 1. The second-order valence-corrected chi connectivity index (χ2v) is 3.27. The Bertz CT molecular complexity index is 218. The van der Waals surface area contributed by atoms with Crippen LogP contribution in [0.15, 0.2) is 0 Å². The predicted octanol–water partition coefficient (Wildman–Crippen LogP) is 1.95. The number of unbranched alkanes of at least 4 members (excludes halogenated alkanes) is 2. The number of hydrogen-bond acceptors (Lipinski definition) is 2. The topological polar surface area (TPSA) is 26.3 Å². The van der Waals surface area contributed by atoms with E-state index in [0.717, 1.165) is 18.8 Å². The summed E-state index contributed by atoms with van der Waals surface area (Å²) in [4.78, 5) is 10.6. The average Bonchev–Trinajstić information content (AvgIpc) is 2.94. The summed E-state index contributed by atoms with van der Waals surface area (Å²) in [5.74, 6) is 5.66. The quantitative estimate of drug-likeness (QED) is 0.285. The van der Waals surface area contributed by atoms with E-state index >= 15 is 0 Å². The first kappa shape index (κ1) is 10.1. The molecule has 0 heterocycles. The zero-order valence-electron chi connectivity index (χ0n) is 8.01. The Balaban J connectivity index is 1.91. The van der Waals surface area contributed by atoms with Gasteiger partial charge in [0, 0.05) is 12.3 Å². The van der Waals surface area contributed by atoms with Gasteiger partial charge in [-0.05, 0) is 25.2 Å². The fourth-order valence-electron chi connectivity index (χ4n) is 1.14. The molecule has 0 N–H and O–H groups in total. The molecule has 1 unspecified atom stereocenters. The number of rotatable bonds is 4. The molecule has 2 heteroatoms. The highest BCUT2D eigenvalue weighted by atomic mass is 16.5. The maximum absolute atomic E-state index is 10.6. The molecule has 1 aliphatic rings. The minimum absolute atomic E-state index is 0.435. The number of hydrogen-bond donors (Lipinski definition) is 0. The lowest BCUT2D eigenvalue weighted by Crippen LogP contribution is -1.94. The van der Waals surface area contributed by atoms with Crippen LogP contribution < -0.4 is 0 Å². The molecule has 1 radical (unpaired) electrons. The normalized spacial score (nSPS) is 14.5. The van der Waals surface area contributed by atoms with Gasteiger partial charge in [-0.25, -0.2) is 4.79 Å². The van der Waals surface area contributed by atoms with E-state index in [2.05, 4.69) is 23.0 Å². The molecule has 1 aliphatic carbocycles. The molecule has 2 nitrogen and oxygen atoms in total. The first-order valence-electron chi connectivity index (χ1n) is 4.73. The third-order valence-electron chi connectivity index (χ3n) is 2.07. The molecular weight excluding hydrogens is 164 g/mol. The first-order chi connectivity index (χ1) is 6.33. The Morgan fingerprint density at radius 2 is 2.38 bits per heavy atom. The molecule has 0 amide bonds. The molecule has 0 aromatic heterocycles. The standard InChI is InChI=1S/C11H15O2/c1-13-11(12)7-5-3-2-4-6-10-8-9-10/h8,10H,2-4,6,9H2,1H3. The number of carbonyl (C=O) groups excluding carboxylic acids is 1. The van der Waals surface area contributed by atoms with Crippen LogP contribution in [0.1, 0.15) is 32.1 Å². The number of esters is 1. The fourth-order valence-corrected chi connectivity index (χ4v) is 1.14. The summed E-state index contributed by atoms with van der Waals surface area (Å²) < 4.78 is 4.39. The van der Waals surface area contributed by atoms with Crippen LogP contribution in [0.2, 0.25) is 0 Å². The first-order valence-corrected chi connectivity index (χ1v) is 4.73. The van der Waals surface area contributed by atoms with Gasteiger partial charge in [-0.1, -0.05) is 18.8 Å². The Hall–Kier alpha value is -0.970. The second-order valence-electron chi connectivity index (χ2n) is 3.27. The van der Waals surface area contributed by atoms with Crippen LogP contribution in [0.5, 0.6) is 0 Å². The number of ether oxygens (including phenoxy) is 1. The fraction of sp³-hybridized carbons (Fsp3) is 0.636. The van der Waals surface area contributed by atoms with Gasteiger partial charge in [0.15, 0.2) is 0 Å². The van der Waals surface area contributed by atoms with Crippen LogP contribution >= 0.6 is 0 Å². The Morgan fingerprint density at radius 1 is 1.62 bits per heavy atom. The smallest absolute Gasteiger partial charge is 0.384 e. The van der Waals surface area contributed by atoms with Crippen LogP contribution in [0.4, 0.5) is 0 Å². The summed E-state index contributed by atoms with van der Waals surface area (Å²) in [6.45, 7) is 0. The maximum atomic E-state index is 10.6. The van der Waals surface area contributed by atoms with Crippen LogP contribution in [0, 0.1) is 24.2 Å². The summed E-state index contributed by atoms with van der Waals surface area (Å²) in [6.07, 6.45) is 8.04. The van der Waals surface area contributed by atoms with Crippen molar-refractivity contribution in [1.29, 1.82) is 0 Å². The van der Waals surface area contributed by atoms with E-state index in [0.29, 0.717) is 0 Å². The van der Waals surface area contributed by atoms with E-state index in [1.54, 1.807) is 0 Å². The lowest BCUT2D eigenvalue weighted by Gasteiger charge is -1.93. The average molecular weight is 179 g/mol. The summed E-state index contributed by atoms with van der Waals surface area (Å²) >= 11 is 0. The number of methoxy groups -OCH3 is 1. The summed E-state index contributed by atoms with van der Waals surface area (Å²) in [6, 6.07) is 0. The molecule has 71 valence electrons. The molecular formula is C11H15O2. The minimum Gasteiger partial charge on any atom is -0.459 e. The Kier molecular flexibility index (Phi) is 4.39. The van der Waals surface area contributed by atoms with Gasteiger partial charge in [-0.2, -0.15) is 0 Å². The van der Waals surface area contributed by atoms with Crippen molar-refractivity contribution < 1.29 is 9.53 Å². The second kappa shape index (κ2) is 5.64. The molecule has 1 fully saturated rings. The SMILES string of the molecule is COC(=O)C#CCCCCC1[CH]C1. The summed E-state index contributed by atoms with van der Waals surface area (Å²) in [5.41, 5.74) is 0. The molecule has 1 rings (SSSR count). The highest BCUT2D eigenvalue weighted by molar-refractivity contribution is 5.88. The van der Waals surface area contributed by atoms with Gasteiger partial charge in [0.1, 0.15) is 0 Å². The molecule has 1 atom stereocenters. The monoisotopic (exact) mass is 179 g/mol. The molecule has 0 saturated heterocycles. The van der Waals surface area contributed by atoms with Gasteiger partial charge >= 0.3 is 5.97 Å². The van der Waals surface area contributed by atoms with E-state index in [1.165, 1.54) is 26.4 Å². The Morgan fingerprint density at radius 3 is 3.00 bits per heavy atom. The van der Waals surface area contributed by atoms with Crippen LogP contribution in [-0.2, 0) is 9.53 Å². The highest BCUT2D eigenvalue weighted by Crippen LogP contribution is 2.32. The van der Waals surface area contributed by atoms with E-state index in [4.69, 9.17) is 0 Å². The van der Waals surface area contributed by atoms with Crippen molar-refractivity contribution in [3.8, 4) is 11.8 Å². The molecule has 13 heavy (non-hydrogen) atoms. The van der Waals surface area contributed by atoms with E-state index in [1.807, 2.05) is 0 Å². The van der Waals surface area contributed by atoms with Crippen molar-refractivity contribution in [3.05, 3.63) is 6.42 Å². The van der Waals surface area contributed by atoms with Crippen LogP contribution in [-0.4, -0.2) is 13.1 Å². The molecule has 1 saturated carbocycles. The molecule has 0 aromatic rings. The predicted molar refractivity (Wildman–Crippen MR) is 50.7 cm³/mol.